The quantitative estimate of drug-likeness (QED) is 0.764. The molecule has 0 fully saturated rings. The minimum Gasteiger partial charge on any atom is -0.482 e. The van der Waals surface area contributed by atoms with Crippen molar-refractivity contribution in [2.75, 3.05) is 7.11 Å². The lowest BCUT2D eigenvalue weighted by Crippen LogP contribution is -2.16. The zero-order valence-electron chi connectivity index (χ0n) is 7.51. The fraction of sp³-hybridized carbons (Fsp3) is 0.375. The normalized spacial score (nSPS) is 10.6. The molecule has 0 amide bonds. The molecule has 0 aromatic carbocycles. The molecule has 4 nitrogen and oxygen atoms in total. The first-order valence-electron chi connectivity index (χ1n) is 3.88. The van der Waals surface area contributed by atoms with E-state index in [1.807, 2.05) is 0 Å². The molecule has 0 aliphatic heterocycles. The SMILES string of the molecule is COc1[nH]c(C(F)F)cc(=O)c1CN. The number of aromatic nitrogens is 1. The summed E-state index contributed by atoms with van der Waals surface area (Å²) in [7, 11) is 1.28. The van der Waals surface area contributed by atoms with Crippen molar-refractivity contribution < 1.29 is 13.5 Å². The Bertz CT molecular complexity index is 376. The maximum absolute atomic E-state index is 12.2. The van der Waals surface area contributed by atoms with Crippen LogP contribution in [0.2, 0.25) is 0 Å². The lowest BCUT2D eigenvalue weighted by atomic mass is 10.2. The highest BCUT2D eigenvalue weighted by Crippen LogP contribution is 2.19. The predicted octanol–water partition coefficient (Wildman–Crippen LogP) is 0.780. The summed E-state index contributed by atoms with van der Waals surface area (Å²) in [5.74, 6) is -0.00435. The maximum Gasteiger partial charge on any atom is 0.278 e. The van der Waals surface area contributed by atoms with Gasteiger partial charge in [-0.2, -0.15) is 0 Å². The van der Waals surface area contributed by atoms with Gasteiger partial charge in [0.05, 0.1) is 18.4 Å². The van der Waals surface area contributed by atoms with Crippen LogP contribution in [-0.4, -0.2) is 12.1 Å². The van der Waals surface area contributed by atoms with Crippen LogP contribution in [0.5, 0.6) is 5.88 Å². The fourth-order valence-electron chi connectivity index (χ4n) is 1.07. The van der Waals surface area contributed by atoms with Crippen molar-refractivity contribution in [2.24, 2.45) is 5.73 Å². The molecule has 0 atom stereocenters. The number of alkyl halides is 2. The smallest absolute Gasteiger partial charge is 0.278 e. The van der Waals surface area contributed by atoms with Crippen LogP contribution in [0.4, 0.5) is 8.78 Å². The number of halogens is 2. The summed E-state index contributed by atoms with van der Waals surface area (Å²) in [6, 6.07) is 0.829. The molecule has 0 spiro atoms. The molecule has 1 heterocycles. The van der Waals surface area contributed by atoms with Gasteiger partial charge in [0.15, 0.2) is 11.3 Å². The molecule has 1 aromatic rings. The topological polar surface area (TPSA) is 68.1 Å². The third-order valence-electron chi connectivity index (χ3n) is 1.76. The second-order valence-electron chi connectivity index (χ2n) is 2.61. The predicted molar refractivity (Wildman–Crippen MR) is 46.5 cm³/mol. The Morgan fingerprint density at radius 2 is 2.29 bits per heavy atom. The largest absolute Gasteiger partial charge is 0.482 e. The summed E-state index contributed by atoms with van der Waals surface area (Å²) in [6.45, 7) is -0.0535. The Morgan fingerprint density at radius 3 is 2.71 bits per heavy atom. The first kappa shape index (κ1) is 10.6. The molecule has 1 rings (SSSR count). The van der Waals surface area contributed by atoms with Gasteiger partial charge in [-0.25, -0.2) is 8.78 Å². The third kappa shape index (κ3) is 1.90. The van der Waals surface area contributed by atoms with Crippen molar-refractivity contribution in [1.82, 2.24) is 4.98 Å². The highest BCUT2D eigenvalue weighted by molar-refractivity contribution is 5.28. The van der Waals surface area contributed by atoms with Crippen LogP contribution in [0.15, 0.2) is 10.9 Å². The summed E-state index contributed by atoms with van der Waals surface area (Å²) in [5.41, 5.74) is 4.42. The number of ether oxygens (including phenoxy) is 1. The number of hydrogen-bond donors (Lipinski definition) is 2. The summed E-state index contributed by atoms with van der Waals surface area (Å²) in [4.78, 5) is 13.5. The van der Waals surface area contributed by atoms with E-state index in [1.54, 1.807) is 0 Å². The van der Waals surface area contributed by atoms with Crippen LogP contribution in [0, 0.1) is 0 Å². The average Bonchev–Trinajstić information content (AvgIpc) is 2.16. The molecule has 6 heteroatoms. The van der Waals surface area contributed by atoms with E-state index < -0.39 is 17.5 Å². The van der Waals surface area contributed by atoms with Gasteiger partial charge in [-0.15, -0.1) is 0 Å². The minimum absolute atomic E-state index is 0.00435. The van der Waals surface area contributed by atoms with E-state index in [0.29, 0.717) is 0 Å². The van der Waals surface area contributed by atoms with Gasteiger partial charge < -0.3 is 15.5 Å². The van der Waals surface area contributed by atoms with Crippen LogP contribution >= 0.6 is 0 Å². The van der Waals surface area contributed by atoms with Gasteiger partial charge in [-0.3, -0.25) is 4.79 Å². The third-order valence-corrected chi connectivity index (χ3v) is 1.76. The first-order chi connectivity index (χ1) is 6.60. The Balaban J connectivity index is 3.32. The zero-order chi connectivity index (χ0) is 10.7. The fourth-order valence-corrected chi connectivity index (χ4v) is 1.07. The minimum atomic E-state index is -2.73. The highest BCUT2D eigenvalue weighted by atomic mass is 19.3. The second kappa shape index (κ2) is 4.19. The molecule has 0 unspecified atom stereocenters. The molecule has 0 radical (unpaired) electrons. The van der Waals surface area contributed by atoms with Crippen molar-refractivity contribution in [3.05, 3.63) is 27.5 Å². The molecule has 14 heavy (non-hydrogen) atoms. The van der Waals surface area contributed by atoms with Gasteiger partial charge in [0, 0.05) is 12.6 Å². The van der Waals surface area contributed by atoms with Crippen LogP contribution in [0.25, 0.3) is 0 Å². The molecule has 3 N–H and O–H groups in total. The molecule has 0 aliphatic rings. The molecule has 0 aliphatic carbocycles. The highest BCUT2D eigenvalue weighted by Gasteiger charge is 2.14. The Hall–Kier alpha value is -1.43. The Kier molecular flexibility index (Phi) is 3.19. The monoisotopic (exact) mass is 204 g/mol. The molecule has 78 valence electrons. The van der Waals surface area contributed by atoms with Gasteiger partial charge in [0.2, 0.25) is 0 Å². The van der Waals surface area contributed by atoms with Crippen LogP contribution < -0.4 is 15.9 Å². The number of H-pyrrole nitrogens is 1. The summed E-state index contributed by atoms with van der Waals surface area (Å²) in [5, 5.41) is 0. The van der Waals surface area contributed by atoms with Crippen LogP contribution in [0.3, 0.4) is 0 Å². The molecular formula is C8H10F2N2O2. The summed E-state index contributed by atoms with van der Waals surface area (Å²) >= 11 is 0. The lowest BCUT2D eigenvalue weighted by Gasteiger charge is -2.08. The number of rotatable bonds is 3. The molecular weight excluding hydrogens is 194 g/mol. The van der Waals surface area contributed by atoms with Crippen LogP contribution in [0.1, 0.15) is 17.7 Å². The van der Waals surface area contributed by atoms with Gasteiger partial charge in [0.25, 0.3) is 6.43 Å². The zero-order valence-corrected chi connectivity index (χ0v) is 7.51. The number of methoxy groups -OCH3 is 1. The number of nitrogens with one attached hydrogen (secondary N) is 1. The van der Waals surface area contributed by atoms with E-state index in [0.717, 1.165) is 6.07 Å². The Morgan fingerprint density at radius 1 is 1.64 bits per heavy atom. The van der Waals surface area contributed by atoms with Crippen LogP contribution in [-0.2, 0) is 6.54 Å². The van der Waals surface area contributed by atoms with Crippen molar-refractivity contribution in [1.29, 1.82) is 0 Å². The molecule has 0 saturated carbocycles. The number of nitrogens with two attached hydrogens (primary N) is 1. The van der Waals surface area contributed by atoms with E-state index in [9.17, 15) is 13.6 Å². The van der Waals surface area contributed by atoms with E-state index in [4.69, 9.17) is 10.5 Å². The first-order valence-corrected chi connectivity index (χ1v) is 3.88. The van der Waals surface area contributed by atoms with E-state index in [-0.39, 0.29) is 18.0 Å². The van der Waals surface area contributed by atoms with Crippen molar-refractivity contribution >= 4 is 0 Å². The van der Waals surface area contributed by atoms with E-state index >= 15 is 0 Å². The number of hydrogen-bond acceptors (Lipinski definition) is 3. The van der Waals surface area contributed by atoms with Gasteiger partial charge in [-0.05, 0) is 0 Å². The average molecular weight is 204 g/mol. The van der Waals surface area contributed by atoms with Crippen molar-refractivity contribution in [2.45, 2.75) is 13.0 Å². The lowest BCUT2D eigenvalue weighted by molar-refractivity contribution is 0.144. The molecule has 0 bridgehead atoms. The van der Waals surface area contributed by atoms with E-state index in [2.05, 4.69) is 4.98 Å². The summed E-state index contributed by atoms with van der Waals surface area (Å²) < 4.78 is 29.2. The number of aromatic amines is 1. The van der Waals surface area contributed by atoms with Gasteiger partial charge >= 0.3 is 0 Å². The van der Waals surface area contributed by atoms with E-state index in [1.165, 1.54) is 7.11 Å². The summed E-state index contributed by atoms with van der Waals surface area (Å²) in [6.07, 6.45) is -2.73. The van der Waals surface area contributed by atoms with Gasteiger partial charge in [0.1, 0.15) is 0 Å². The Labute approximate surface area is 78.7 Å². The van der Waals surface area contributed by atoms with Crippen molar-refractivity contribution in [3.8, 4) is 5.88 Å². The maximum atomic E-state index is 12.2. The number of pyridine rings is 1. The molecule has 0 saturated heterocycles. The molecule has 1 aromatic heterocycles. The van der Waals surface area contributed by atoms with Gasteiger partial charge in [-0.1, -0.05) is 0 Å². The second-order valence-corrected chi connectivity index (χ2v) is 2.61. The standard InChI is InChI=1S/C8H10F2N2O2/c1-14-8-4(3-11)6(13)2-5(12-8)7(9)10/h2,7H,3,11H2,1H3,(H,12,13). The van der Waals surface area contributed by atoms with Crippen molar-refractivity contribution in [3.63, 3.8) is 0 Å².